The average molecular weight is 402 g/mol. The van der Waals surface area contributed by atoms with Gasteiger partial charge < -0.3 is 34.7 Å². The third-order valence-corrected chi connectivity index (χ3v) is 5.07. The summed E-state index contributed by atoms with van der Waals surface area (Å²) in [7, 11) is 0. The van der Waals surface area contributed by atoms with Crippen LogP contribution in [0, 0.1) is 0 Å². The Labute approximate surface area is 166 Å². The number of nitrogens with zero attached hydrogens (tertiary/aromatic N) is 1. The summed E-state index contributed by atoms with van der Waals surface area (Å²) in [5.41, 5.74) is 5.91. The van der Waals surface area contributed by atoms with E-state index >= 15 is 0 Å². The van der Waals surface area contributed by atoms with E-state index in [1.807, 2.05) is 11.8 Å². The number of esters is 1. The molecule has 2 rings (SSSR count). The Morgan fingerprint density at radius 3 is 2.54 bits per heavy atom. The van der Waals surface area contributed by atoms with Crippen molar-refractivity contribution in [2.24, 2.45) is 5.73 Å². The molecule has 3 atom stereocenters. The van der Waals surface area contributed by atoms with E-state index in [0.29, 0.717) is 19.5 Å². The highest BCUT2D eigenvalue weighted by atomic mass is 16.7. The van der Waals surface area contributed by atoms with Crippen molar-refractivity contribution < 1.29 is 33.6 Å². The van der Waals surface area contributed by atoms with Gasteiger partial charge in [0.05, 0.1) is 6.10 Å². The lowest BCUT2D eigenvalue weighted by Crippen LogP contribution is -2.50. The molecule has 28 heavy (non-hydrogen) atoms. The van der Waals surface area contributed by atoms with Crippen LogP contribution in [0.3, 0.4) is 0 Å². The summed E-state index contributed by atoms with van der Waals surface area (Å²) in [4.78, 5) is 25.5. The standard InChI is InChI=1S/C19H34N2O7/c1-13(22)25-11-15-17(27-12-26-15)14(28-18(2,3)24)5-6-16(23)21-9-7-19(4,20)8-10-21/h14-15,17,24H,5-12,20H2,1-4H3/t14-,15+,17+/m0/s1. The van der Waals surface area contributed by atoms with Crippen molar-refractivity contribution in [1.82, 2.24) is 4.90 Å². The molecule has 2 heterocycles. The van der Waals surface area contributed by atoms with E-state index in [0.717, 1.165) is 12.8 Å². The molecule has 9 heteroatoms. The second-order valence-electron chi connectivity index (χ2n) is 8.43. The number of likely N-dealkylation sites (tertiary alicyclic amines) is 1. The fraction of sp³-hybridized carbons (Fsp3) is 0.895. The molecule has 0 aromatic carbocycles. The van der Waals surface area contributed by atoms with Gasteiger partial charge >= 0.3 is 5.97 Å². The van der Waals surface area contributed by atoms with Crippen molar-refractivity contribution in [2.45, 2.75) is 83.0 Å². The summed E-state index contributed by atoms with van der Waals surface area (Å²) in [5, 5.41) is 10.1. The number of aliphatic hydroxyl groups is 1. The van der Waals surface area contributed by atoms with Crippen LogP contribution in [0.1, 0.15) is 53.4 Å². The highest BCUT2D eigenvalue weighted by Gasteiger charge is 2.40. The summed E-state index contributed by atoms with van der Waals surface area (Å²) < 4.78 is 21.9. The van der Waals surface area contributed by atoms with Gasteiger partial charge in [0.2, 0.25) is 5.91 Å². The van der Waals surface area contributed by atoms with E-state index in [1.165, 1.54) is 20.8 Å². The summed E-state index contributed by atoms with van der Waals surface area (Å²) in [6, 6.07) is 0. The monoisotopic (exact) mass is 402 g/mol. The second-order valence-corrected chi connectivity index (χ2v) is 8.43. The number of hydrogen-bond acceptors (Lipinski definition) is 8. The molecule has 162 valence electrons. The van der Waals surface area contributed by atoms with Gasteiger partial charge in [0.25, 0.3) is 0 Å². The van der Waals surface area contributed by atoms with Crippen LogP contribution in [-0.4, -0.2) is 78.0 Å². The number of ether oxygens (including phenoxy) is 4. The molecule has 2 saturated heterocycles. The Balaban J connectivity index is 1.95. The van der Waals surface area contributed by atoms with Crippen LogP contribution in [0.25, 0.3) is 0 Å². The molecule has 0 spiro atoms. The second kappa shape index (κ2) is 9.49. The Morgan fingerprint density at radius 2 is 1.96 bits per heavy atom. The predicted octanol–water partition coefficient (Wildman–Crippen LogP) is 0.525. The zero-order chi connectivity index (χ0) is 20.9. The predicted molar refractivity (Wildman–Crippen MR) is 100 cm³/mol. The molecule has 0 bridgehead atoms. The molecule has 0 radical (unpaired) electrons. The van der Waals surface area contributed by atoms with Gasteiger partial charge in [0.15, 0.2) is 5.79 Å². The van der Waals surface area contributed by atoms with Gasteiger partial charge in [-0.2, -0.15) is 0 Å². The molecular formula is C19H34N2O7. The zero-order valence-electron chi connectivity index (χ0n) is 17.3. The first kappa shape index (κ1) is 23.0. The van der Waals surface area contributed by atoms with E-state index < -0.39 is 30.1 Å². The normalized spacial score (nSPS) is 26.1. The van der Waals surface area contributed by atoms with Crippen molar-refractivity contribution in [3.05, 3.63) is 0 Å². The van der Waals surface area contributed by atoms with Crippen molar-refractivity contribution in [3.8, 4) is 0 Å². The third-order valence-electron chi connectivity index (χ3n) is 5.07. The number of amides is 1. The average Bonchev–Trinajstić information content (AvgIpc) is 3.04. The lowest BCUT2D eigenvalue weighted by atomic mass is 9.91. The van der Waals surface area contributed by atoms with Crippen LogP contribution in [0.2, 0.25) is 0 Å². The maximum Gasteiger partial charge on any atom is 0.302 e. The van der Waals surface area contributed by atoms with Gasteiger partial charge in [-0.05, 0) is 40.0 Å². The zero-order valence-corrected chi connectivity index (χ0v) is 17.3. The first-order valence-electron chi connectivity index (χ1n) is 9.80. The van der Waals surface area contributed by atoms with Gasteiger partial charge in [-0.3, -0.25) is 9.59 Å². The van der Waals surface area contributed by atoms with Crippen LogP contribution >= 0.6 is 0 Å². The van der Waals surface area contributed by atoms with Crippen LogP contribution in [0.5, 0.6) is 0 Å². The van der Waals surface area contributed by atoms with Crippen LogP contribution in [0.4, 0.5) is 0 Å². The van der Waals surface area contributed by atoms with E-state index in [-0.39, 0.29) is 31.3 Å². The van der Waals surface area contributed by atoms with E-state index in [2.05, 4.69) is 0 Å². The van der Waals surface area contributed by atoms with Gasteiger partial charge in [0, 0.05) is 32.0 Å². The molecule has 0 aliphatic carbocycles. The molecule has 0 saturated carbocycles. The summed E-state index contributed by atoms with van der Waals surface area (Å²) in [5.74, 6) is -1.80. The van der Waals surface area contributed by atoms with Crippen molar-refractivity contribution in [3.63, 3.8) is 0 Å². The van der Waals surface area contributed by atoms with E-state index in [4.69, 9.17) is 24.7 Å². The highest BCUT2D eigenvalue weighted by molar-refractivity contribution is 5.76. The van der Waals surface area contributed by atoms with Gasteiger partial charge in [-0.1, -0.05) is 0 Å². The number of carbonyl (C=O) groups excluding carboxylic acids is 2. The van der Waals surface area contributed by atoms with Crippen LogP contribution in [0.15, 0.2) is 0 Å². The molecule has 9 nitrogen and oxygen atoms in total. The van der Waals surface area contributed by atoms with E-state index in [1.54, 1.807) is 0 Å². The molecule has 0 aromatic rings. The minimum Gasteiger partial charge on any atom is -0.463 e. The SMILES string of the molecule is CC(=O)OC[C@H]1OCO[C@@H]1[C@H](CCC(=O)N1CCC(C)(N)CC1)OC(C)(C)O. The smallest absolute Gasteiger partial charge is 0.302 e. The number of nitrogens with two attached hydrogens (primary N) is 1. The number of carbonyl (C=O) groups is 2. The molecule has 2 aliphatic heterocycles. The number of piperidine rings is 1. The van der Waals surface area contributed by atoms with Crippen molar-refractivity contribution in [1.29, 1.82) is 0 Å². The summed E-state index contributed by atoms with van der Waals surface area (Å²) in [6.07, 6.45) is 0.494. The molecule has 2 fully saturated rings. The van der Waals surface area contributed by atoms with E-state index in [9.17, 15) is 14.7 Å². The van der Waals surface area contributed by atoms with Crippen LogP contribution < -0.4 is 5.73 Å². The topological polar surface area (TPSA) is 121 Å². The Morgan fingerprint density at radius 1 is 1.32 bits per heavy atom. The fourth-order valence-corrected chi connectivity index (χ4v) is 3.45. The van der Waals surface area contributed by atoms with Gasteiger partial charge in [-0.25, -0.2) is 0 Å². The quantitative estimate of drug-likeness (QED) is 0.445. The fourth-order valence-electron chi connectivity index (χ4n) is 3.45. The summed E-state index contributed by atoms with van der Waals surface area (Å²) >= 11 is 0. The van der Waals surface area contributed by atoms with Gasteiger partial charge in [0.1, 0.15) is 25.6 Å². The first-order valence-corrected chi connectivity index (χ1v) is 9.80. The maximum atomic E-state index is 12.6. The van der Waals surface area contributed by atoms with Gasteiger partial charge in [-0.15, -0.1) is 0 Å². The molecular weight excluding hydrogens is 368 g/mol. The molecule has 3 N–H and O–H groups in total. The lowest BCUT2D eigenvalue weighted by Gasteiger charge is -2.37. The highest BCUT2D eigenvalue weighted by Crippen LogP contribution is 2.26. The largest absolute Gasteiger partial charge is 0.463 e. The minimum atomic E-state index is -1.40. The van der Waals surface area contributed by atoms with Crippen LogP contribution in [-0.2, 0) is 28.5 Å². The minimum absolute atomic E-state index is 0.0234. The molecule has 2 aliphatic rings. The van der Waals surface area contributed by atoms with Crippen molar-refractivity contribution in [2.75, 3.05) is 26.5 Å². The summed E-state index contributed by atoms with van der Waals surface area (Å²) in [6.45, 7) is 7.71. The third kappa shape index (κ3) is 7.29. The number of rotatable bonds is 8. The lowest BCUT2D eigenvalue weighted by molar-refractivity contribution is -0.229. The molecule has 0 unspecified atom stereocenters. The molecule has 1 amide bonds. The van der Waals surface area contributed by atoms with Crippen molar-refractivity contribution >= 4 is 11.9 Å². The Bertz CT molecular complexity index is 537. The molecule has 0 aromatic heterocycles. The number of hydrogen-bond donors (Lipinski definition) is 2. The first-order chi connectivity index (χ1) is 13.0. The Kier molecular flexibility index (Phi) is 7.81. The maximum absolute atomic E-state index is 12.6. The Hall–Kier alpha value is -1.26.